The third-order valence-electron chi connectivity index (χ3n) is 2.50. The van der Waals surface area contributed by atoms with E-state index in [0.29, 0.717) is 10.4 Å². The lowest BCUT2D eigenvalue weighted by atomic mass is 10.1. The number of pyridine rings is 1. The van der Waals surface area contributed by atoms with Gasteiger partial charge in [-0.2, -0.15) is 0 Å². The summed E-state index contributed by atoms with van der Waals surface area (Å²) in [6.45, 7) is 0. The molecule has 0 spiro atoms. The third kappa shape index (κ3) is 2.41. The van der Waals surface area contributed by atoms with Crippen LogP contribution in [0, 0.1) is 0 Å². The van der Waals surface area contributed by atoms with E-state index in [4.69, 9.17) is 11.6 Å². The monoisotopic (exact) mass is 229 g/mol. The zero-order valence-corrected chi connectivity index (χ0v) is 9.35. The molecule has 1 aromatic heterocycles. The molecule has 1 aliphatic rings. The first-order valence-electron chi connectivity index (χ1n) is 4.73. The maximum atomic E-state index is 11.5. The van der Waals surface area contributed by atoms with Crippen molar-refractivity contribution < 1.29 is 4.55 Å². The second kappa shape index (κ2) is 4.51. The molecule has 4 heteroatoms. The largest absolute Gasteiger partial charge is 0.616 e. The lowest BCUT2D eigenvalue weighted by Gasteiger charge is -2.13. The average molecular weight is 230 g/mol. The summed E-state index contributed by atoms with van der Waals surface area (Å²) in [6.07, 6.45) is 4.82. The fourth-order valence-corrected chi connectivity index (χ4v) is 3.44. The number of nitrogens with zero attached hydrogens (tertiary/aromatic N) is 1. The van der Waals surface area contributed by atoms with Gasteiger partial charge in [-0.15, -0.1) is 0 Å². The molecule has 0 aliphatic carbocycles. The molecule has 0 N–H and O–H groups in total. The van der Waals surface area contributed by atoms with Crippen LogP contribution in [0.5, 0.6) is 0 Å². The molecule has 0 saturated carbocycles. The van der Waals surface area contributed by atoms with E-state index in [0.717, 1.165) is 30.6 Å². The van der Waals surface area contributed by atoms with Gasteiger partial charge in [-0.05, 0) is 24.5 Å². The van der Waals surface area contributed by atoms with Gasteiger partial charge in [0.05, 0.1) is 0 Å². The van der Waals surface area contributed by atoms with Gasteiger partial charge in [0.15, 0.2) is 0 Å². The van der Waals surface area contributed by atoms with Crippen molar-refractivity contribution in [3.63, 3.8) is 0 Å². The Balaban J connectivity index is 2.00. The topological polar surface area (TPSA) is 36.0 Å². The van der Waals surface area contributed by atoms with Crippen molar-refractivity contribution in [3.05, 3.63) is 29.0 Å². The summed E-state index contributed by atoms with van der Waals surface area (Å²) >= 11 is 5.06. The molecular weight excluding hydrogens is 218 g/mol. The van der Waals surface area contributed by atoms with E-state index in [-0.39, 0.29) is 0 Å². The summed E-state index contributed by atoms with van der Waals surface area (Å²) in [4.78, 5) is 4.01. The van der Waals surface area contributed by atoms with Crippen molar-refractivity contribution in [2.75, 3.05) is 5.75 Å². The van der Waals surface area contributed by atoms with Gasteiger partial charge in [0.25, 0.3) is 0 Å². The lowest BCUT2D eigenvalue weighted by Crippen LogP contribution is -2.18. The van der Waals surface area contributed by atoms with Gasteiger partial charge in [0.2, 0.25) is 0 Å². The molecule has 2 nitrogen and oxygen atoms in total. The van der Waals surface area contributed by atoms with Gasteiger partial charge in [0, 0.05) is 12.6 Å². The first-order valence-corrected chi connectivity index (χ1v) is 6.49. The van der Waals surface area contributed by atoms with Gasteiger partial charge >= 0.3 is 0 Å². The van der Waals surface area contributed by atoms with E-state index in [1.165, 1.54) is 0 Å². The van der Waals surface area contributed by atoms with Crippen LogP contribution in [-0.4, -0.2) is 20.5 Å². The van der Waals surface area contributed by atoms with Crippen molar-refractivity contribution >= 4 is 22.8 Å². The molecule has 1 saturated heterocycles. The highest BCUT2D eigenvalue weighted by Gasteiger charge is 2.28. The molecule has 76 valence electrons. The molecule has 0 amide bonds. The zero-order valence-electron chi connectivity index (χ0n) is 7.78. The molecule has 0 radical (unpaired) electrons. The van der Waals surface area contributed by atoms with Crippen LogP contribution in [0.15, 0.2) is 18.3 Å². The Morgan fingerprint density at radius 1 is 1.57 bits per heavy atom. The molecule has 2 atom stereocenters. The first-order chi connectivity index (χ1) is 6.75. The summed E-state index contributed by atoms with van der Waals surface area (Å²) in [5, 5.41) is 0.847. The quantitative estimate of drug-likeness (QED) is 0.576. The standard InChI is InChI=1S/C10H12ClNOS/c11-10-4-3-8(7-12-10)6-9-2-1-5-14(9)13/h3-4,7,9H,1-2,5-6H2. The van der Waals surface area contributed by atoms with E-state index in [1.54, 1.807) is 12.3 Å². The minimum Gasteiger partial charge on any atom is -0.616 e. The Morgan fingerprint density at radius 2 is 2.43 bits per heavy atom. The van der Waals surface area contributed by atoms with E-state index >= 15 is 0 Å². The Kier molecular flexibility index (Phi) is 3.31. The maximum Gasteiger partial charge on any atom is 0.129 e. The summed E-state index contributed by atoms with van der Waals surface area (Å²) in [6, 6.07) is 3.75. The minimum atomic E-state index is -0.627. The summed E-state index contributed by atoms with van der Waals surface area (Å²) in [5.41, 5.74) is 1.13. The number of halogens is 1. The summed E-state index contributed by atoms with van der Waals surface area (Å²) in [5.74, 6) is 0.867. The van der Waals surface area contributed by atoms with E-state index < -0.39 is 11.2 Å². The van der Waals surface area contributed by atoms with Gasteiger partial charge in [0.1, 0.15) is 16.2 Å². The maximum absolute atomic E-state index is 11.5. The van der Waals surface area contributed by atoms with E-state index in [9.17, 15) is 4.55 Å². The number of hydrogen-bond donors (Lipinski definition) is 0. The van der Waals surface area contributed by atoms with E-state index in [2.05, 4.69) is 4.98 Å². The van der Waals surface area contributed by atoms with Crippen LogP contribution in [0.3, 0.4) is 0 Å². The molecule has 2 rings (SSSR count). The van der Waals surface area contributed by atoms with Gasteiger partial charge in [-0.25, -0.2) is 4.98 Å². The zero-order chi connectivity index (χ0) is 9.97. The van der Waals surface area contributed by atoms with E-state index in [1.807, 2.05) is 6.07 Å². The Bertz CT molecular complexity index is 303. The highest BCUT2D eigenvalue weighted by atomic mass is 35.5. The molecule has 2 heterocycles. The molecule has 0 bridgehead atoms. The molecule has 14 heavy (non-hydrogen) atoms. The Labute approximate surface area is 91.9 Å². The van der Waals surface area contributed by atoms with Crippen molar-refractivity contribution in [3.8, 4) is 0 Å². The molecule has 1 aromatic rings. The van der Waals surface area contributed by atoms with Crippen molar-refractivity contribution in [2.45, 2.75) is 24.5 Å². The summed E-state index contributed by atoms with van der Waals surface area (Å²) < 4.78 is 11.5. The molecule has 2 unspecified atom stereocenters. The van der Waals surface area contributed by atoms with Crippen LogP contribution < -0.4 is 0 Å². The first kappa shape index (κ1) is 10.3. The fraction of sp³-hybridized carbons (Fsp3) is 0.500. The van der Waals surface area contributed by atoms with Crippen molar-refractivity contribution in [1.82, 2.24) is 4.98 Å². The van der Waals surface area contributed by atoms with Gasteiger partial charge in [-0.1, -0.05) is 28.8 Å². The second-order valence-corrected chi connectivity index (χ2v) is 5.77. The predicted molar refractivity (Wildman–Crippen MR) is 59.0 cm³/mol. The van der Waals surface area contributed by atoms with Crippen LogP contribution in [0.1, 0.15) is 18.4 Å². The lowest BCUT2D eigenvalue weighted by molar-refractivity contribution is 0.587. The smallest absolute Gasteiger partial charge is 0.129 e. The molecule has 1 aliphatic heterocycles. The molecule has 0 aromatic carbocycles. The number of aromatic nitrogens is 1. The number of rotatable bonds is 2. The highest BCUT2D eigenvalue weighted by molar-refractivity contribution is 7.92. The third-order valence-corrected chi connectivity index (χ3v) is 4.56. The number of hydrogen-bond acceptors (Lipinski definition) is 2. The fourth-order valence-electron chi connectivity index (χ4n) is 1.74. The van der Waals surface area contributed by atoms with Crippen molar-refractivity contribution in [1.29, 1.82) is 0 Å². The SMILES string of the molecule is [O-][S+]1CCCC1Cc1ccc(Cl)nc1. The van der Waals surface area contributed by atoms with Crippen LogP contribution in [-0.2, 0) is 17.6 Å². The van der Waals surface area contributed by atoms with Gasteiger partial charge < -0.3 is 4.55 Å². The van der Waals surface area contributed by atoms with Crippen LogP contribution in [0.25, 0.3) is 0 Å². The Morgan fingerprint density at radius 3 is 3.00 bits per heavy atom. The Hall–Kier alpha value is -0.250. The minimum absolute atomic E-state index is 0.331. The summed E-state index contributed by atoms with van der Waals surface area (Å²) in [7, 11) is 0. The van der Waals surface area contributed by atoms with Gasteiger partial charge in [-0.3, -0.25) is 0 Å². The molecular formula is C10H12ClNOS. The molecule has 1 fully saturated rings. The normalized spacial score (nSPS) is 26.7. The van der Waals surface area contributed by atoms with Crippen molar-refractivity contribution in [2.24, 2.45) is 0 Å². The second-order valence-electron chi connectivity index (χ2n) is 3.54. The van der Waals surface area contributed by atoms with Crippen LogP contribution >= 0.6 is 11.6 Å². The van der Waals surface area contributed by atoms with Crippen LogP contribution in [0.2, 0.25) is 5.15 Å². The average Bonchev–Trinajstić information content (AvgIpc) is 2.56. The predicted octanol–water partition coefficient (Wildman–Crippen LogP) is 2.19. The highest BCUT2D eigenvalue weighted by Crippen LogP contribution is 2.23. The van der Waals surface area contributed by atoms with Crippen LogP contribution in [0.4, 0.5) is 0 Å².